The molecule has 7 nitrogen and oxygen atoms in total. The first-order valence-corrected chi connectivity index (χ1v) is 14.2. The maximum atomic E-state index is 12.8. The van der Waals surface area contributed by atoms with Crippen molar-refractivity contribution in [2.45, 2.75) is 9.79 Å². The van der Waals surface area contributed by atoms with E-state index in [1.807, 2.05) is 30.3 Å². The van der Waals surface area contributed by atoms with Gasteiger partial charge in [0.1, 0.15) is 0 Å². The van der Waals surface area contributed by atoms with Gasteiger partial charge in [-0.3, -0.25) is 4.79 Å². The molecule has 0 unspecified atom stereocenters. The molecule has 1 fully saturated rings. The number of morpholine rings is 1. The second-order valence-electron chi connectivity index (χ2n) is 8.39. The number of para-hydroxylation sites is 1. The van der Waals surface area contributed by atoms with Crippen molar-refractivity contribution in [2.24, 2.45) is 0 Å². The summed E-state index contributed by atoms with van der Waals surface area (Å²) in [6.07, 6.45) is 0. The first-order valence-electron chi connectivity index (χ1n) is 11.8. The molecule has 186 valence electrons. The number of hydrogen-bond acceptors (Lipinski definition) is 5. The fourth-order valence-electron chi connectivity index (χ4n) is 4.21. The van der Waals surface area contributed by atoms with Gasteiger partial charge in [-0.05, 0) is 35.9 Å². The molecule has 2 N–H and O–H groups in total. The number of carbonyl (C=O) groups is 1. The van der Waals surface area contributed by atoms with E-state index in [1.165, 1.54) is 16.4 Å². The monoisotopic (exact) mass is 521 g/mol. The summed E-state index contributed by atoms with van der Waals surface area (Å²) in [6.45, 7) is 1.94. The van der Waals surface area contributed by atoms with E-state index in [1.54, 1.807) is 23.9 Å². The van der Waals surface area contributed by atoms with Gasteiger partial charge in [0, 0.05) is 46.7 Å². The van der Waals surface area contributed by atoms with Crippen LogP contribution in [0.2, 0.25) is 0 Å². The molecule has 1 aliphatic rings. The highest BCUT2D eigenvalue weighted by Crippen LogP contribution is 2.37. The lowest BCUT2D eigenvalue weighted by Gasteiger charge is -2.26. The van der Waals surface area contributed by atoms with Gasteiger partial charge < -0.3 is 15.0 Å². The Hall–Kier alpha value is -3.11. The molecule has 1 saturated heterocycles. The van der Waals surface area contributed by atoms with E-state index < -0.39 is 10.0 Å². The van der Waals surface area contributed by atoms with Gasteiger partial charge in [-0.25, -0.2) is 8.42 Å². The van der Waals surface area contributed by atoms with E-state index >= 15 is 0 Å². The first-order chi connectivity index (χ1) is 17.5. The number of fused-ring (bicyclic) bond motifs is 1. The van der Waals surface area contributed by atoms with Gasteiger partial charge in [0.05, 0.1) is 23.8 Å². The van der Waals surface area contributed by atoms with Crippen molar-refractivity contribution in [2.75, 3.05) is 38.6 Å². The molecule has 1 aromatic heterocycles. The fourth-order valence-corrected chi connectivity index (χ4v) is 6.67. The number of nitrogens with zero attached hydrogens (tertiary/aromatic N) is 1. The minimum atomic E-state index is -3.58. The van der Waals surface area contributed by atoms with Gasteiger partial charge in [0.15, 0.2) is 0 Å². The van der Waals surface area contributed by atoms with Crippen LogP contribution in [0.1, 0.15) is 10.4 Å². The molecule has 9 heteroatoms. The Labute approximate surface area is 214 Å². The SMILES string of the molecule is O=C(NCCSc1c(-c2ccccc2)[nH]c2ccccc12)c1ccc(S(=O)(=O)N2CCOCC2)cc1. The molecular formula is C27H27N3O4S2. The third kappa shape index (κ3) is 5.19. The molecule has 3 aromatic carbocycles. The van der Waals surface area contributed by atoms with Gasteiger partial charge in [0.25, 0.3) is 5.91 Å². The number of hydrogen-bond donors (Lipinski definition) is 2. The van der Waals surface area contributed by atoms with Crippen LogP contribution in [0.4, 0.5) is 0 Å². The maximum Gasteiger partial charge on any atom is 0.251 e. The zero-order valence-electron chi connectivity index (χ0n) is 19.6. The highest BCUT2D eigenvalue weighted by molar-refractivity contribution is 7.99. The van der Waals surface area contributed by atoms with Crippen LogP contribution in [0, 0.1) is 0 Å². The minimum absolute atomic E-state index is 0.185. The predicted octanol–water partition coefficient (Wildman–Crippen LogP) is 4.38. The van der Waals surface area contributed by atoms with Crippen molar-refractivity contribution in [3.05, 3.63) is 84.4 Å². The summed E-state index contributed by atoms with van der Waals surface area (Å²) in [5.74, 6) is 0.463. The largest absolute Gasteiger partial charge is 0.379 e. The topological polar surface area (TPSA) is 91.5 Å². The zero-order valence-corrected chi connectivity index (χ0v) is 21.3. The van der Waals surface area contributed by atoms with E-state index in [2.05, 4.69) is 34.6 Å². The number of amides is 1. The molecule has 0 bridgehead atoms. The summed E-state index contributed by atoms with van der Waals surface area (Å²) in [5.41, 5.74) is 3.70. The van der Waals surface area contributed by atoms with Gasteiger partial charge in [0.2, 0.25) is 10.0 Å². The number of ether oxygens (including phenoxy) is 1. The lowest BCUT2D eigenvalue weighted by atomic mass is 10.1. The lowest BCUT2D eigenvalue weighted by Crippen LogP contribution is -2.40. The van der Waals surface area contributed by atoms with E-state index in [-0.39, 0.29) is 10.8 Å². The molecule has 0 atom stereocenters. The number of benzene rings is 3. The van der Waals surface area contributed by atoms with Crippen molar-refractivity contribution >= 4 is 38.6 Å². The zero-order chi connectivity index (χ0) is 25.0. The summed E-state index contributed by atoms with van der Waals surface area (Å²) in [6, 6.07) is 24.5. The Morgan fingerprint density at radius 2 is 1.64 bits per heavy atom. The molecule has 5 rings (SSSR count). The van der Waals surface area contributed by atoms with Crippen molar-refractivity contribution in [1.82, 2.24) is 14.6 Å². The average molecular weight is 522 g/mol. The van der Waals surface area contributed by atoms with E-state index in [9.17, 15) is 13.2 Å². The van der Waals surface area contributed by atoms with E-state index in [0.29, 0.717) is 44.2 Å². The van der Waals surface area contributed by atoms with Crippen molar-refractivity contribution in [3.63, 3.8) is 0 Å². The number of carbonyl (C=O) groups excluding carboxylic acids is 1. The van der Waals surface area contributed by atoms with Gasteiger partial charge in [-0.2, -0.15) is 4.31 Å². The molecule has 4 aromatic rings. The Bertz CT molecular complexity index is 1450. The number of rotatable bonds is 8. The van der Waals surface area contributed by atoms with Crippen molar-refractivity contribution < 1.29 is 17.9 Å². The standard InChI is InChI=1S/C27H27N3O4S2/c31-27(21-10-12-22(13-11-21)36(32,33)30-15-17-34-18-16-30)28-14-19-35-26-23-8-4-5-9-24(23)29-25(26)20-6-2-1-3-7-20/h1-13,29H,14-19H2,(H,28,31). The van der Waals surface area contributed by atoms with Crippen LogP contribution in [-0.2, 0) is 14.8 Å². The van der Waals surface area contributed by atoms with Gasteiger partial charge >= 0.3 is 0 Å². The summed E-state index contributed by atoms with van der Waals surface area (Å²) < 4.78 is 32.2. The lowest BCUT2D eigenvalue weighted by molar-refractivity contribution is 0.0730. The van der Waals surface area contributed by atoms with Crippen LogP contribution in [0.3, 0.4) is 0 Å². The second kappa shape index (κ2) is 10.9. The molecule has 0 aliphatic carbocycles. The van der Waals surface area contributed by atoms with Crippen LogP contribution in [0.5, 0.6) is 0 Å². The average Bonchev–Trinajstić information content (AvgIpc) is 3.30. The molecule has 1 amide bonds. The normalized spacial score (nSPS) is 14.7. The second-order valence-corrected chi connectivity index (χ2v) is 11.4. The maximum absolute atomic E-state index is 12.8. The number of nitrogens with one attached hydrogen (secondary N) is 2. The summed E-state index contributed by atoms with van der Waals surface area (Å²) in [7, 11) is -3.58. The molecular weight excluding hydrogens is 494 g/mol. The van der Waals surface area contributed by atoms with Crippen LogP contribution < -0.4 is 5.32 Å². The fraction of sp³-hybridized carbons (Fsp3) is 0.222. The van der Waals surface area contributed by atoms with Gasteiger partial charge in [-0.15, -0.1) is 11.8 Å². The number of aromatic nitrogens is 1. The number of thioether (sulfide) groups is 1. The molecule has 2 heterocycles. The Morgan fingerprint density at radius 3 is 2.39 bits per heavy atom. The third-order valence-corrected chi connectivity index (χ3v) is 9.11. The van der Waals surface area contributed by atoms with Crippen LogP contribution in [0.15, 0.2) is 88.7 Å². The Balaban J connectivity index is 1.21. The number of H-pyrrole nitrogens is 1. The highest BCUT2D eigenvalue weighted by Gasteiger charge is 2.26. The van der Waals surface area contributed by atoms with Crippen LogP contribution in [-0.4, -0.2) is 62.2 Å². The molecule has 36 heavy (non-hydrogen) atoms. The third-order valence-electron chi connectivity index (χ3n) is 6.08. The van der Waals surface area contributed by atoms with E-state index in [4.69, 9.17) is 4.74 Å². The number of sulfonamides is 1. The quantitative estimate of drug-likeness (QED) is 0.265. The molecule has 0 radical (unpaired) electrons. The van der Waals surface area contributed by atoms with Crippen LogP contribution in [0.25, 0.3) is 22.2 Å². The van der Waals surface area contributed by atoms with Crippen LogP contribution >= 0.6 is 11.8 Å². The highest BCUT2D eigenvalue weighted by atomic mass is 32.2. The molecule has 1 aliphatic heterocycles. The van der Waals surface area contributed by atoms with E-state index in [0.717, 1.165) is 27.1 Å². The Kier molecular flexibility index (Phi) is 7.43. The van der Waals surface area contributed by atoms with Crippen molar-refractivity contribution in [3.8, 4) is 11.3 Å². The molecule has 0 spiro atoms. The summed E-state index contributed by atoms with van der Waals surface area (Å²) in [4.78, 5) is 17.5. The first kappa shape index (κ1) is 24.6. The predicted molar refractivity (Wildman–Crippen MR) is 143 cm³/mol. The Morgan fingerprint density at radius 1 is 0.944 bits per heavy atom. The minimum Gasteiger partial charge on any atom is -0.379 e. The summed E-state index contributed by atoms with van der Waals surface area (Å²) >= 11 is 1.70. The van der Waals surface area contributed by atoms with Gasteiger partial charge in [-0.1, -0.05) is 48.5 Å². The smallest absolute Gasteiger partial charge is 0.251 e. The summed E-state index contributed by atoms with van der Waals surface area (Å²) in [5, 5.41) is 4.10. The molecule has 0 saturated carbocycles. The van der Waals surface area contributed by atoms with Crippen molar-refractivity contribution in [1.29, 1.82) is 0 Å². The number of aromatic amines is 1.